The Labute approximate surface area is 115 Å². The molecule has 6 heteroatoms. The highest BCUT2D eigenvalue weighted by Crippen LogP contribution is 2.35. The van der Waals surface area contributed by atoms with E-state index < -0.39 is 0 Å². The first kappa shape index (κ1) is 14.4. The molecule has 3 nitrogen and oxygen atoms in total. The van der Waals surface area contributed by atoms with Gasteiger partial charge in [-0.05, 0) is 18.6 Å². The molecule has 1 amide bonds. The number of nitrogens with one attached hydrogen (secondary N) is 1. The molecule has 0 saturated heterocycles. The molecule has 0 aliphatic heterocycles. The second-order valence-corrected chi connectivity index (χ2v) is 4.59. The third-order valence-electron chi connectivity index (χ3n) is 1.88. The van der Waals surface area contributed by atoms with E-state index in [-0.39, 0.29) is 28.3 Å². The van der Waals surface area contributed by atoms with E-state index in [1.54, 1.807) is 0 Å². The first-order chi connectivity index (χ1) is 8.04. The Morgan fingerprint density at radius 1 is 1.29 bits per heavy atom. The molecule has 0 fully saturated rings. The van der Waals surface area contributed by atoms with Crippen molar-refractivity contribution < 1.29 is 9.53 Å². The zero-order valence-corrected chi connectivity index (χ0v) is 11.5. The van der Waals surface area contributed by atoms with Gasteiger partial charge in [0.15, 0.2) is 12.4 Å². The predicted molar refractivity (Wildman–Crippen MR) is 70.3 cm³/mol. The fraction of sp³-hybridized carbons (Fsp3) is 0.364. The highest BCUT2D eigenvalue weighted by molar-refractivity contribution is 6.40. The van der Waals surface area contributed by atoms with Crippen molar-refractivity contribution in [3.63, 3.8) is 0 Å². The van der Waals surface area contributed by atoms with Crippen LogP contribution in [0.3, 0.4) is 0 Å². The standard InChI is InChI=1S/C11H12Cl3NO2/c1-2-3-15-10(16)6-17-11-8(13)4-7(12)5-9(11)14/h4-5H,2-3,6H2,1H3,(H,15,16). The van der Waals surface area contributed by atoms with Gasteiger partial charge in [-0.1, -0.05) is 41.7 Å². The van der Waals surface area contributed by atoms with Crippen LogP contribution in [0.4, 0.5) is 0 Å². The zero-order chi connectivity index (χ0) is 12.8. The summed E-state index contributed by atoms with van der Waals surface area (Å²) in [5.41, 5.74) is 0. The van der Waals surface area contributed by atoms with Crippen LogP contribution in [0.15, 0.2) is 12.1 Å². The maximum atomic E-state index is 11.3. The summed E-state index contributed by atoms with van der Waals surface area (Å²) in [6, 6.07) is 3.02. The van der Waals surface area contributed by atoms with Crippen molar-refractivity contribution in [3.05, 3.63) is 27.2 Å². The van der Waals surface area contributed by atoms with Gasteiger partial charge < -0.3 is 10.1 Å². The molecule has 1 aromatic rings. The quantitative estimate of drug-likeness (QED) is 0.902. The lowest BCUT2D eigenvalue weighted by Gasteiger charge is -2.10. The van der Waals surface area contributed by atoms with E-state index in [1.807, 2.05) is 6.92 Å². The van der Waals surface area contributed by atoms with Gasteiger partial charge in [-0.15, -0.1) is 0 Å². The van der Waals surface area contributed by atoms with Crippen LogP contribution < -0.4 is 10.1 Å². The Kier molecular flexibility index (Phi) is 5.89. The van der Waals surface area contributed by atoms with Crippen LogP contribution in [0.1, 0.15) is 13.3 Å². The summed E-state index contributed by atoms with van der Waals surface area (Å²) in [5.74, 6) is 0.0540. The number of benzene rings is 1. The number of ether oxygens (including phenoxy) is 1. The molecule has 0 heterocycles. The molecule has 1 N–H and O–H groups in total. The van der Waals surface area contributed by atoms with Crippen molar-refractivity contribution in [2.45, 2.75) is 13.3 Å². The number of amides is 1. The van der Waals surface area contributed by atoms with Crippen molar-refractivity contribution in [2.24, 2.45) is 0 Å². The molecular formula is C11H12Cl3NO2. The van der Waals surface area contributed by atoms with Crippen LogP contribution >= 0.6 is 34.8 Å². The van der Waals surface area contributed by atoms with Crippen molar-refractivity contribution in [1.29, 1.82) is 0 Å². The summed E-state index contributed by atoms with van der Waals surface area (Å²) in [4.78, 5) is 11.3. The van der Waals surface area contributed by atoms with Gasteiger partial charge in [0.25, 0.3) is 5.91 Å². The summed E-state index contributed by atoms with van der Waals surface area (Å²) in [6.07, 6.45) is 0.869. The molecule has 0 aromatic heterocycles. The Bertz CT molecular complexity index is 387. The summed E-state index contributed by atoms with van der Waals surface area (Å²) >= 11 is 17.5. The van der Waals surface area contributed by atoms with Crippen LogP contribution in [0.25, 0.3) is 0 Å². The smallest absolute Gasteiger partial charge is 0.257 e. The largest absolute Gasteiger partial charge is 0.481 e. The molecule has 1 aromatic carbocycles. The van der Waals surface area contributed by atoms with Crippen molar-refractivity contribution in [3.8, 4) is 5.75 Å². The second kappa shape index (κ2) is 6.94. The van der Waals surface area contributed by atoms with Crippen LogP contribution in [0, 0.1) is 0 Å². The normalized spacial score (nSPS) is 10.1. The van der Waals surface area contributed by atoms with Gasteiger partial charge in [0.1, 0.15) is 0 Å². The second-order valence-electron chi connectivity index (χ2n) is 3.34. The highest BCUT2D eigenvalue weighted by atomic mass is 35.5. The summed E-state index contributed by atoms with van der Waals surface area (Å²) in [5, 5.41) is 3.66. The maximum Gasteiger partial charge on any atom is 0.257 e. The summed E-state index contributed by atoms with van der Waals surface area (Å²) in [6.45, 7) is 2.46. The van der Waals surface area contributed by atoms with Gasteiger partial charge in [0, 0.05) is 11.6 Å². The predicted octanol–water partition coefficient (Wildman–Crippen LogP) is 3.55. The summed E-state index contributed by atoms with van der Waals surface area (Å²) in [7, 11) is 0. The maximum absolute atomic E-state index is 11.3. The number of carbonyl (C=O) groups excluding carboxylic acids is 1. The van der Waals surface area contributed by atoms with E-state index in [2.05, 4.69) is 5.32 Å². The average molecular weight is 297 g/mol. The number of carbonyl (C=O) groups is 1. The molecule has 0 saturated carbocycles. The fourth-order valence-electron chi connectivity index (χ4n) is 1.12. The summed E-state index contributed by atoms with van der Waals surface area (Å²) < 4.78 is 5.25. The molecule has 0 aliphatic carbocycles. The lowest BCUT2D eigenvalue weighted by molar-refractivity contribution is -0.123. The van der Waals surface area contributed by atoms with Crippen LogP contribution in [-0.2, 0) is 4.79 Å². The number of hydrogen-bond donors (Lipinski definition) is 1. The van der Waals surface area contributed by atoms with E-state index in [0.717, 1.165) is 6.42 Å². The minimum atomic E-state index is -0.214. The highest BCUT2D eigenvalue weighted by Gasteiger charge is 2.10. The van der Waals surface area contributed by atoms with Gasteiger partial charge in [-0.25, -0.2) is 0 Å². The van der Waals surface area contributed by atoms with E-state index in [4.69, 9.17) is 39.5 Å². The van der Waals surface area contributed by atoms with E-state index in [9.17, 15) is 4.79 Å². The SMILES string of the molecule is CCCNC(=O)COc1c(Cl)cc(Cl)cc1Cl. The minimum Gasteiger partial charge on any atom is -0.481 e. The van der Waals surface area contributed by atoms with Gasteiger partial charge >= 0.3 is 0 Å². The van der Waals surface area contributed by atoms with Gasteiger partial charge in [-0.2, -0.15) is 0 Å². The third-order valence-corrected chi connectivity index (χ3v) is 2.66. The third kappa shape index (κ3) is 4.62. The Hall–Kier alpha value is -0.640. The van der Waals surface area contributed by atoms with Crippen LogP contribution in [-0.4, -0.2) is 19.1 Å². The molecule has 0 unspecified atom stereocenters. The Balaban J connectivity index is 2.60. The first-order valence-corrected chi connectivity index (χ1v) is 6.22. The molecule has 0 aliphatic rings. The van der Waals surface area contributed by atoms with Crippen LogP contribution in [0.2, 0.25) is 15.1 Å². The minimum absolute atomic E-state index is 0.124. The molecule has 17 heavy (non-hydrogen) atoms. The van der Waals surface area contributed by atoms with Gasteiger partial charge in [-0.3, -0.25) is 4.79 Å². The molecular weight excluding hydrogens is 284 g/mol. The molecule has 1 rings (SSSR count). The lowest BCUT2D eigenvalue weighted by Crippen LogP contribution is -2.29. The zero-order valence-electron chi connectivity index (χ0n) is 9.23. The van der Waals surface area contributed by atoms with E-state index in [1.165, 1.54) is 12.1 Å². The average Bonchev–Trinajstić information content (AvgIpc) is 2.24. The van der Waals surface area contributed by atoms with E-state index in [0.29, 0.717) is 11.6 Å². The molecule has 0 spiro atoms. The van der Waals surface area contributed by atoms with Crippen molar-refractivity contribution in [1.82, 2.24) is 5.32 Å². The molecule has 0 atom stereocenters. The number of hydrogen-bond acceptors (Lipinski definition) is 2. The Morgan fingerprint density at radius 2 is 1.88 bits per heavy atom. The van der Waals surface area contributed by atoms with Gasteiger partial charge in [0.05, 0.1) is 10.0 Å². The molecule has 0 radical (unpaired) electrons. The molecule has 0 bridgehead atoms. The topological polar surface area (TPSA) is 38.3 Å². The fourth-order valence-corrected chi connectivity index (χ4v) is 2.05. The van der Waals surface area contributed by atoms with Gasteiger partial charge in [0.2, 0.25) is 0 Å². The number of halogens is 3. The first-order valence-electron chi connectivity index (χ1n) is 5.08. The monoisotopic (exact) mass is 295 g/mol. The Morgan fingerprint density at radius 3 is 2.41 bits per heavy atom. The van der Waals surface area contributed by atoms with Crippen LogP contribution in [0.5, 0.6) is 5.75 Å². The number of rotatable bonds is 5. The van der Waals surface area contributed by atoms with Crippen molar-refractivity contribution >= 4 is 40.7 Å². The van der Waals surface area contributed by atoms with E-state index >= 15 is 0 Å². The van der Waals surface area contributed by atoms with Crippen molar-refractivity contribution in [2.75, 3.05) is 13.2 Å². The lowest BCUT2D eigenvalue weighted by atomic mass is 10.3. The molecule has 94 valence electrons.